The number of allylic oxidation sites excluding steroid dienone is 3. The Morgan fingerprint density at radius 3 is 2.46 bits per heavy atom. The summed E-state index contributed by atoms with van der Waals surface area (Å²) >= 11 is 0. The lowest BCUT2D eigenvalue weighted by molar-refractivity contribution is 0.328. The van der Waals surface area contributed by atoms with Crippen LogP contribution >= 0.6 is 0 Å². The summed E-state index contributed by atoms with van der Waals surface area (Å²) in [6.45, 7) is 10.0. The van der Waals surface area contributed by atoms with Crippen LogP contribution in [0.25, 0.3) is 10.9 Å². The van der Waals surface area contributed by atoms with Crippen molar-refractivity contribution in [2.75, 3.05) is 11.9 Å². The van der Waals surface area contributed by atoms with Crippen molar-refractivity contribution in [2.24, 2.45) is 0 Å². The fraction of sp³-hybridized carbons (Fsp3) is 0.441. The second kappa shape index (κ2) is 15.8. The first-order valence-electron chi connectivity index (χ1n) is 14.5. The number of rotatable bonds is 16. The van der Waals surface area contributed by atoms with Gasteiger partial charge in [0, 0.05) is 24.2 Å². The molecule has 2 N–H and O–H groups in total. The Labute approximate surface area is 234 Å². The van der Waals surface area contributed by atoms with Gasteiger partial charge in [0.15, 0.2) is 5.75 Å². The molecule has 210 valence electrons. The maximum Gasteiger partial charge on any atom is 0.297 e. The van der Waals surface area contributed by atoms with Crippen molar-refractivity contribution >= 4 is 16.6 Å². The van der Waals surface area contributed by atoms with Crippen LogP contribution < -0.4 is 15.6 Å². The van der Waals surface area contributed by atoms with Gasteiger partial charge in [-0.3, -0.25) is 4.79 Å². The molecule has 2 aromatic carbocycles. The molecule has 0 aliphatic rings. The number of anilines is 1. The molecule has 0 bridgehead atoms. The maximum atomic E-state index is 13.6. The number of aromatic hydroxyl groups is 1. The Morgan fingerprint density at radius 1 is 0.974 bits per heavy atom. The molecular weight excluding hydrogens is 484 g/mol. The summed E-state index contributed by atoms with van der Waals surface area (Å²) in [6, 6.07) is 16.0. The third-order valence-electron chi connectivity index (χ3n) is 7.02. The van der Waals surface area contributed by atoms with Gasteiger partial charge in [-0.05, 0) is 69.9 Å². The molecule has 0 spiro atoms. The molecule has 0 saturated heterocycles. The quantitative estimate of drug-likeness (QED) is 0.144. The first kappa shape index (κ1) is 30.1. The van der Waals surface area contributed by atoms with Crippen molar-refractivity contribution < 1.29 is 9.84 Å². The topological polar surface area (TPSA) is 63.5 Å². The Hall–Kier alpha value is -3.47. The molecular formula is C34H46N2O3. The molecule has 3 rings (SSSR count). The fourth-order valence-corrected chi connectivity index (χ4v) is 4.68. The summed E-state index contributed by atoms with van der Waals surface area (Å²) in [4.78, 5) is 13.6. The fourth-order valence-electron chi connectivity index (χ4n) is 4.68. The molecule has 39 heavy (non-hydrogen) atoms. The molecule has 1 heterocycles. The summed E-state index contributed by atoms with van der Waals surface area (Å²) in [6.07, 6.45) is 13.0. The van der Waals surface area contributed by atoms with Gasteiger partial charge in [-0.1, -0.05) is 86.6 Å². The van der Waals surface area contributed by atoms with Crippen molar-refractivity contribution in [3.8, 4) is 11.5 Å². The molecule has 0 aliphatic heterocycles. The summed E-state index contributed by atoms with van der Waals surface area (Å²) in [7, 11) is 0. The minimum atomic E-state index is -0.274. The predicted molar refractivity (Wildman–Crippen MR) is 165 cm³/mol. The van der Waals surface area contributed by atoms with Crippen molar-refractivity contribution in [3.63, 3.8) is 0 Å². The number of aryl methyl sites for hydroxylation is 1. The Morgan fingerprint density at radius 2 is 1.72 bits per heavy atom. The first-order chi connectivity index (χ1) is 18.9. The van der Waals surface area contributed by atoms with Crippen molar-refractivity contribution in [2.45, 2.75) is 92.2 Å². The van der Waals surface area contributed by atoms with Crippen molar-refractivity contribution in [3.05, 3.63) is 87.7 Å². The van der Waals surface area contributed by atoms with E-state index in [1.165, 1.54) is 42.4 Å². The highest BCUT2D eigenvalue weighted by atomic mass is 16.5. The van der Waals surface area contributed by atoms with Gasteiger partial charge in [0.2, 0.25) is 5.75 Å². The number of ether oxygens (including phenoxy) is 1. The van der Waals surface area contributed by atoms with Crippen molar-refractivity contribution in [1.82, 2.24) is 4.57 Å². The third kappa shape index (κ3) is 9.35. The minimum Gasteiger partial charge on any atom is -0.504 e. The van der Waals surface area contributed by atoms with Crippen LogP contribution in [0.3, 0.4) is 0 Å². The van der Waals surface area contributed by atoms with E-state index < -0.39 is 0 Å². The normalized spacial score (nSPS) is 11.5. The largest absolute Gasteiger partial charge is 0.504 e. The van der Waals surface area contributed by atoms with E-state index in [0.717, 1.165) is 36.9 Å². The van der Waals surface area contributed by atoms with Crippen LogP contribution in [0.2, 0.25) is 0 Å². The lowest BCUT2D eigenvalue weighted by atomic mass is 10.1. The van der Waals surface area contributed by atoms with E-state index in [0.29, 0.717) is 18.5 Å². The van der Waals surface area contributed by atoms with Gasteiger partial charge in [-0.15, -0.1) is 0 Å². The van der Waals surface area contributed by atoms with Crippen LogP contribution in [0.1, 0.15) is 84.6 Å². The monoisotopic (exact) mass is 530 g/mol. The van der Waals surface area contributed by atoms with E-state index in [9.17, 15) is 9.90 Å². The van der Waals surface area contributed by atoms with Crippen LogP contribution in [-0.4, -0.2) is 16.3 Å². The number of benzene rings is 2. The highest BCUT2D eigenvalue weighted by Crippen LogP contribution is 2.33. The SMILES string of the molecule is CCCCCCCCn1c(=O)c(OCC=C(C)CCC=C(C)C)c(O)c2ccc(NCc3ccccc3)cc21. The molecule has 5 nitrogen and oxygen atoms in total. The number of unbranched alkanes of at least 4 members (excludes halogenated alkanes) is 5. The maximum absolute atomic E-state index is 13.6. The Bertz CT molecular complexity index is 1300. The average molecular weight is 531 g/mol. The van der Waals surface area contributed by atoms with Gasteiger partial charge in [-0.2, -0.15) is 0 Å². The minimum absolute atomic E-state index is 0.0341. The summed E-state index contributed by atoms with van der Waals surface area (Å²) in [5.41, 5.74) is 5.05. The number of hydrogen-bond acceptors (Lipinski definition) is 4. The van der Waals surface area contributed by atoms with Gasteiger partial charge in [0.1, 0.15) is 6.61 Å². The third-order valence-corrected chi connectivity index (χ3v) is 7.02. The molecule has 5 heteroatoms. The summed E-state index contributed by atoms with van der Waals surface area (Å²) in [5, 5.41) is 15.2. The zero-order valence-electron chi connectivity index (χ0n) is 24.3. The molecule has 0 amide bonds. The Kier molecular flexibility index (Phi) is 12.2. The number of nitrogens with one attached hydrogen (secondary N) is 1. The second-order valence-corrected chi connectivity index (χ2v) is 10.7. The van der Waals surface area contributed by atoms with E-state index in [-0.39, 0.29) is 23.7 Å². The van der Waals surface area contributed by atoms with Gasteiger partial charge < -0.3 is 19.7 Å². The second-order valence-electron chi connectivity index (χ2n) is 10.7. The predicted octanol–water partition coefficient (Wildman–Crippen LogP) is 8.75. The van der Waals surface area contributed by atoms with E-state index in [1.807, 2.05) is 42.5 Å². The van der Waals surface area contributed by atoms with Gasteiger partial charge in [-0.25, -0.2) is 0 Å². The van der Waals surface area contributed by atoms with Crippen LogP contribution in [0.15, 0.2) is 76.6 Å². The molecule has 3 aromatic rings. The highest BCUT2D eigenvalue weighted by molar-refractivity contribution is 5.90. The van der Waals surface area contributed by atoms with E-state index >= 15 is 0 Å². The van der Waals surface area contributed by atoms with Crippen LogP contribution in [0.4, 0.5) is 5.69 Å². The number of nitrogens with zero attached hydrogens (tertiary/aromatic N) is 1. The smallest absolute Gasteiger partial charge is 0.297 e. The molecule has 0 atom stereocenters. The lowest BCUT2D eigenvalue weighted by Gasteiger charge is -2.17. The van der Waals surface area contributed by atoms with Crippen LogP contribution in [-0.2, 0) is 13.1 Å². The van der Waals surface area contributed by atoms with E-state index in [1.54, 1.807) is 4.57 Å². The number of hydrogen-bond donors (Lipinski definition) is 2. The molecule has 0 unspecified atom stereocenters. The van der Waals surface area contributed by atoms with Crippen molar-refractivity contribution in [1.29, 1.82) is 0 Å². The van der Waals surface area contributed by atoms with Gasteiger partial charge in [0.25, 0.3) is 5.56 Å². The van der Waals surface area contributed by atoms with Gasteiger partial charge in [0.05, 0.1) is 5.52 Å². The molecule has 0 saturated carbocycles. The number of fused-ring (bicyclic) bond motifs is 1. The zero-order chi connectivity index (χ0) is 28.0. The highest BCUT2D eigenvalue weighted by Gasteiger charge is 2.18. The van der Waals surface area contributed by atoms with Crippen LogP contribution in [0.5, 0.6) is 11.5 Å². The standard InChI is InChI=1S/C34H46N2O3/c1-5-6-7-8-9-13-22-36-31-24-29(35-25-28-17-11-10-12-18-28)19-20-30(31)32(37)33(34(36)38)39-23-21-27(4)16-14-15-26(2)3/h10-12,15,17-21,24,35,37H,5-9,13-14,16,22-23,25H2,1-4H3. The zero-order valence-corrected chi connectivity index (χ0v) is 24.3. The van der Waals surface area contributed by atoms with Gasteiger partial charge >= 0.3 is 0 Å². The van der Waals surface area contributed by atoms with Crippen LogP contribution in [0, 0.1) is 0 Å². The number of aromatic nitrogens is 1. The summed E-state index contributed by atoms with van der Waals surface area (Å²) < 4.78 is 7.70. The molecule has 1 aromatic heterocycles. The number of pyridine rings is 1. The summed E-state index contributed by atoms with van der Waals surface area (Å²) in [5.74, 6) is -0.0498. The molecule has 0 fully saturated rings. The molecule has 0 aliphatic carbocycles. The Balaban J connectivity index is 1.84. The lowest BCUT2D eigenvalue weighted by Crippen LogP contribution is -2.23. The molecule has 0 radical (unpaired) electrons. The van der Waals surface area contributed by atoms with E-state index in [4.69, 9.17) is 4.74 Å². The van der Waals surface area contributed by atoms with E-state index in [2.05, 4.69) is 51.2 Å². The first-order valence-corrected chi connectivity index (χ1v) is 14.5. The average Bonchev–Trinajstić information content (AvgIpc) is 2.93.